The molecule has 0 aromatic carbocycles. The van der Waals surface area contributed by atoms with Crippen LogP contribution in [0.15, 0.2) is 34.9 Å². The first-order valence-corrected chi connectivity index (χ1v) is 8.44. The van der Waals surface area contributed by atoms with Gasteiger partial charge in [-0.15, -0.1) is 0 Å². The second-order valence-corrected chi connectivity index (χ2v) is 7.16. The molecular weight excluding hydrogens is 272 g/mol. The molecule has 0 radical (unpaired) electrons. The standard InChI is InChI=1S/C20H36O2/c1-16(2)9-7-11-18(5)12-13-19(15-21)20(6,22)14-8-10-17(3)4/h9-10,12,19,21-22H,7-8,11,13-15H2,1-6H3. The van der Waals surface area contributed by atoms with E-state index in [-0.39, 0.29) is 12.5 Å². The maximum atomic E-state index is 10.6. The molecule has 128 valence electrons. The summed E-state index contributed by atoms with van der Waals surface area (Å²) in [5.74, 6) is -0.100. The predicted octanol–water partition coefficient (Wildman–Crippen LogP) is 5.18. The molecule has 2 heteroatoms. The molecule has 0 saturated carbocycles. The molecule has 0 fully saturated rings. The Morgan fingerprint density at radius 2 is 1.50 bits per heavy atom. The van der Waals surface area contributed by atoms with E-state index < -0.39 is 5.60 Å². The first kappa shape index (κ1) is 21.1. The van der Waals surface area contributed by atoms with Gasteiger partial charge in [0.15, 0.2) is 0 Å². The van der Waals surface area contributed by atoms with Gasteiger partial charge in [0.2, 0.25) is 0 Å². The minimum Gasteiger partial charge on any atom is -0.396 e. The molecule has 22 heavy (non-hydrogen) atoms. The number of aliphatic hydroxyl groups is 2. The molecule has 0 bridgehead atoms. The third-order valence-electron chi connectivity index (χ3n) is 4.15. The molecule has 0 aromatic rings. The topological polar surface area (TPSA) is 40.5 Å². The Bertz CT molecular complexity index is 392. The van der Waals surface area contributed by atoms with Gasteiger partial charge in [0, 0.05) is 12.5 Å². The summed E-state index contributed by atoms with van der Waals surface area (Å²) < 4.78 is 0. The lowest BCUT2D eigenvalue weighted by molar-refractivity contribution is -0.0289. The van der Waals surface area contributed by atoms with Gasteiger partial charge >= 0.3 is 0 Å². The third-order valence-corrected chi connectivity index (χ3v) is 4.15. The average molecular weight is 309 g/mol. The van der Waals surface area contributed by atoms with Crippen molar-refractivity contribution in [2.45, 2.75) is 79.2 Å². The second-order valence-electron chi connectivity index (χ2n) is 7.16. The Morgan fingerprint density at radius 1 is 0.955 bits per heavy atom. The quantitative estimate of drug-likeness (QED) is 0.546. The van der Waals surface area contributed by atoms with Gasteiger partial charge in [-0.1, -0.05) is 34.9 Å². The first-order valence-electron chi connectivity index (χ1n) is 8.44. The Hall–Kier alpha value is -0.860. The van der Waals surface area contributed by atoms with E-state index in [0.717, 1.165) is 25.7 Å². The molecule has 0 aliphatic heterocycles. The summed E-state index contributed by atoms with van der Waals surface area (Å²) in [6.07, 6.45) is 11.0. The summed E-state index contributed by atoms with van der Waals surface area (Å²) >= 11 is 0. The summed E-state index contributed by atoms with van der Waals surface area (Å²) in [4.78, 5) is 0. The Balaban J connectivity index is 4.49. The Kier molecular flexibility index (Phi) is 10.4. The number of allylic oxidation sites excluding steroid dienone is 6. The molecule has 0 heterocycles. The molecule has 0 aliphatic carbocycles. The van der Waals surface area contributed by atoms with E-state index in [0.29, 0.717) is 6.42 Å². The van der Waals surface area contributed by atoms with Crippen molar-refractivity contribution in [3.63, 3.8) is 0 Å². The fourth-order valence-corrected chi connectivity index (χ4v) is 2.42. The molecule has 0 amide bonds. The molecular formula is C20H36O2. The van der Waals surface area contributed by atoms with Crippen molar-refractivity contribution in [3.05, 3.63) is 34.9 Å². The van der Waals surface area contributed by atoms with Gasteiger partial charge in [0.25, 0.3) is 0 Å². The highest BCUT2D eigenvalue weighted by atomic mass is 16.3. The molecule has 0 saturated heterocycles. The molecule has 2 nitrogen and oxygen atoms in total. The second kappa shape index (κ2) is 10.8. The summed E-state index contributed by atoms with van der Waals surface area (Å²) in [5, 5.41) is 20.2. The van der Waals surface area contributed by atoms with Gasteiger partial charge in [-0.25, -0.2) is 0 Å². The van der Waals surface area contributed by atoms with Gasteiger partial charge in [-0.05, 0) is 73.6 Å². The highest BCUT2D eigenvalue weighted by Crippen LogP contribution is 2.27. The van der Waals surface area contributed by atoms with Crippen LogP contribution in [-0.2, 0) is 0 Å². The van der Waals surface area contributed by atoms with Gasteiger partial charge in [-0.3, -0.25) is 0 Å². The number of hydrogen-bond acceptors (Lipinski definition) is 2. The molecule has 2 N–H and O–H groups in total. The molecule has 0 aromatic heterocycles. The zero-order chi connectivity index (χ0) is 17.2. The van der Waals surface area contributed by atoms with Crippen molar-refractivity contribution >= 4 is 0 Å². The van der Waals surface area contributed by atoms with Gasteiger partial charge in [-0.2, -0.15) is 0 Å². The lowest BCUT2D eigenvalue weighted by atomic mass is 9.83. The smallest absolute Gasteiger partial charge is 0.0675 e. The maximum Gasteiger partial charge on any atom is 0.0675 e. The molecule has 0 aliphatic rings. The predicted molar refractivity (Wildman–Crippen MR) is 96.9 cm³/mol. The highest BCUT2D eigenvalue weighted by Gasteiger charge is 2.29. The fraction of sp³-hybridized carbons (Fsp3) is 0.700. The van der Waals surface area contributed by atoms with Crippen molar-refractivity contribution in [3.8, 4) is 0 Å². The van der Waals surface area contributed by atoms with E-state index in [1.165, 1.54) is 16.7 Å². The van der Waals surface area contributed by atoms with E-state index >= 15 is 0 Å². The van der Waals surface area contributed by atoms with Crippen LogP contribution < -0.4 is 0 Å². The van der Waals surface area contributed by atoms with Crippen LogP contribution in [0.2, 0.25) is 0 Å². The van der Waals surface area contributed by atoms with Gasteiger partial charge in [0.1, 0.15) is 0 Å². The normalized spacial score (nSPS) is 15.9. The third kappa shape index (κ3) is 9.97. The first-order chi connectivity index (χ1) is 10.2. The van der Waals surface area contributed by atoms with Crippen LogP contribution in [0.5, 0.6) is 0 Å². The SMILES string of the molecule is CC(C)=CCCC(C)=CCC(CO)C(C)(O)CCC=C(C)C. The zero-order valence-electron chi connectivity index (χ0n) is 15.4. The van der Waals surface area contributed by atoms with Crippen LogP contribution in [-0.4, -0.2) is 22.4 Å². The van der Waals surface area contributed by atoms with E-state index in [4.69, 9.17) is 0 Å². The van der Waals surface area contributed by atoms with Crippen LogP contribution in [0, 0.1) is 5.92 Å². The largest absolute Gasteiger partial charge is 0.396 e. The van der Waals surface area contributed by atoms with Gasteiger partial charge in [0.05, 0.1) is 5.60 Å². The number of rotatable bonds is 10. The van der Waals surface area contributed by atoms with Crippen molar-refractivity contribution in [2.75, 3.05) is 6.61 Å². The van der Waals surface area contributed by atoms with E-state index in [1.54, 1.807) is 0 Å². The lowest BCUT2D eigenvalue weighted by Gasteiger charge is -2.31. The fourth-order valence-electron chi connectivity index (χ4n) is 2.42. The highest BCUT2D eigenvalue weighted by molar-refractivity contribution is 5.04. The van der Waals surface area contributed by atoms with E-state index in [1.807, 2.05) is 6.92 Å². The van der Waals surface area contributed by atoms with Crippen LogP contribution >= 0.6 is 0 Å². The van der Waals surface area contributed by atoms with Crippen molar-refractivity contribution in [1.29, 1.82) is 0 Å². The minimum absolute atomic E-state index is 0.0274. The number of hydrogen-bond donors (Lipinski definition) is 2. The maximum absolute atomic E-state index is 10.6. The van der Waals surface area contributed by atoms with E-state index in [2.05, 4.69) is 52.8 Å². The summed E-state index contributed by atoms with van der Waals surface area (Å²) in [6, 6.07) is 0. The monoisotopic (exact) mass is 308 g/mol. The summed E-state index contributed by atoms with van der Waals surface area (Å²) in [6.45, 7) is 12.4. The van der Waals surface area contributed by atoms with Crippen LogP contribution in [0.25, 0.3) is 0 Å². The molecule has 2 atom stereocenters. The molecule has 2 unspecified atom stereocenters. The van der Waals surface area contributed by atoms with Crippen molar-refractivity contribution in [2.24, 2.45) is 5.92 Å². The molecule has 0 rings (SSSR count). The van der Waals surface area contributed by atoms with Crippen LogP contribution in [0.1, 0.15) is 73.6 Å². The summed E-state index contributed by atoms with van der Waals surface area (Å²) in [5.41, 5.74) is 3.13. The Labute approximate surface area is 137 Å². The van der Waals surface area contributed by atoms with Crippen LogP contribution in [0.3, 0.4) is 0 Å². The number of aliphatic hydroxyl groups excluding tert-OH is 1. The minimum atomic E-state index is -0.822. The zero-order valence-corrected chi connectivity index (χ0v) is 15.4. The average Bonchev–Trinajstić information content (AvgIpc) is 2.37. The van der Waals surface area contributed by atoms with E-state index in [9.17, 15) is 10.2 Å². The van der Waals surface area contributed by atoms with Crippen molar-refractivity contribution in [1.82, 2.24) is 0 Å². The molecule has 0 spiro atoms. The Morgan fingerprint density at radius 3 is 2.00 bits per heavy atom. The lowest BCUT2D eigenvalue weighted by Crippen LogP contribution is -2.36. The van der Waals surface area contributed by atoms with Crippen LogP contribution in [0.4, 0.5) is 0 Å². The van der Waals surface area contributed by atoms with Gasteiger partial charge < -0.3 is 10.2 Å². The van der Waals surface area contributed by atoms with Crippen molar-refractivity contribution < 1.29 is 10.2 Å². The summed E-state index contributed by atoms with van der Waals surface area (Å²) in [7, 11) is 0.